The first-order chi connectivity index (χ1) is 13.6. The number of benzene rings is 3. The van der Waals surface area contributed by atoms with E-state index < -0.39 is 0 Å². The van der Waals surface area contributed by atoms with E-state index in [9.17, 15) is 4.79 Å². The molecule has 0 saturated heterocycles. The van der Waals surface area contributed by atoms with Gasteiger partial charge < -0.3 is 21.9 Å². The zero-order valence-electron chi connectivity index (χ0n) is 15.7. The summed E-state index contributed by atoms with van der Waals surface area (Å²) in [5, 5.41) is 0. The van der Waals surface area contributed by atoms with E-state index in [0.29, 0.717) is 5.95 Å². The van der Waals surface area contributed by atoms with Crippen molar-refractivity contribution in [3.63, 3.8) is 0 Å². The molecule has 5 rings (SSSR count). The maximum absolute atomic E-state index is 12.7. The standard InChI is InChI=1S/C22H17N5O.W/c1-25(21-23-17-7-3-4-8-18(17)24-21)15-11-13-16(14-12-15)27-20-10-6-5-9-19(20)26(2)22(27)28;/h3-14H,1H2,2H3;/q-2;+2. The number of hydrogen-bond acceptors (Lipinski definition) is 3. The van der Waals surface area contributed by atoms with E-state index in [4.69, 9.17) is 0 Å². The summed E-state index contributed by atoms with van der Waals surface area (Å²) < 4.78 is 3.36. The second kappa shape index (κ2) is 7.37. The molecule has 0 amide bonds. The molecule has 7 heteroatoms. The van der Waals surface area contributed by atoms with Crippen molar-refractivity contribution in [2.45, 2.75) is 0 Å². The number of hydrogen-bond donors (Lipinski definition) is 0. The zero-order valence-corrected chi connectivity index (χ0v) is 18.6. The minimum Gasteiger partial charge on any atom is -0.553 e. The van der Waals surface area contributed by atoms with Crippen LogP contribution in [0.2, 0.25) is 0 Å². The summed E-state index contributed by atoms with van der Waals surface area (Å²) in [6.07, 6.45) is 0. The Morgan fingerprint density at radius 3 is 2.31 bits per heavy atom. The smallest absolute Gasteiger partial charge is 0.553 e. The predicted molar refractivity (Wildman–Crippen MR) is 111 cm³/mol. The number of aryl methyl sites for hydroxylation is 1. The molecule has 2 heterocycles. The molecule has 0 saturated carbocycles. The van der Waals surface area contributed by atoms with E-state index in [1.165, 1.54) is 0 Å². The van der Waals surface area contributed by atoms with Crippen LogP contribution in [0, 0.1) is 7.05 Å². The molecule has 0 radical (unpaired) electrons. The quantitative estimate of drug-likeness (QED) is 0.321. The van der Waals surface area contributed by atoms with Crippen LogP contribution in [-0.4, -0.2) is 14.1 Å². The number of aromatic nitrogens is 4. The largest absolute Gasteiger partial charge is 2.00 e. The SMILES string of the molecule is [CH2-]N(c1ccc(-n2c(=O)n(C)c3ccccc32)cc1)c1nc2ccccc2[n-]1.[W+2]. The fraction of sp³-hybridized carbons (Fsp3) is 0.0455. The van der Waals surface area contributed by atoms with Gasteiger partial charge in [0.2, 0.25) is 0 Å². The third kappa shape index (κ3) is 3.10. The number of anilines is 2. The first-order valence-corrected chi connectivity index (χ1v) is 8.90. The molecule has 0 aliphatic carbocycles. The first kappa shape index (κ1) is 19.2. The van der Waals surface area contributed by atoms with Crippen LogP contribution in [0.3, 0.4) is 0 Å². The van der Waals surface area contributed by atoms with Crippen LogP contribution in [-0.2, 0) is 28.1 Å². The molecule has 0 aliphatic heterocycles. The molecule has 2 aromatic heterocycles. The Hall–Kier alpha value is -3.11. The third-order valence-electron chi connectivity index (χ3n) is 4.95. The molecule has 0 spiro atoms. The van der Waals surface area contributed by atoms with Gasteiger partial charge in [-0.25, -0.2) is 4.79 Å². The summed E-state index contributed by atoms with van der Waals surface area (Å²) >= 11 is 0. The predicted octanol–water partition coefficient (Wildman–Crippen LogP) is 3.76. The van der Waals surface area contributed by atoms with Gasteiger partial charge in [-0.3, -0.25) is 9.13 Å². The Morgan fingerprint density at radius 2 is 1.59 bits per heavy atom. The molecular weight excluding hydrogens is 534 g/mol. The third-order valence-corrected chi connectivity index (χ3v) is 4.95. The molecule has 3 aromatic carbocycles. The molecule has 0 aliphatic rings. The second-order valence-corrected chi connectivity index (χ2v) is 6.62. The van der Waals surface area contributed by atoms with Crippen molar-refractivity contribution in [2.75, 3.05) is 4.90 Å². The van der Waals surface area contributed by atoms with Gasteiger partial charge in [-0.2, -0.15) is 0 Å². The summed E-state index contributed by atoms with van der Waals surface area (Å²) in [5.41, 5.74) is 5.01. The number of para-hydroxylation sites is 4. The average Bonchev–Trinajstić information content (AvgIpc) is 3.28. The Kier molecular flexibility index (Phi) is 4.89. The van der Waals surface area contributed by atoms with Crippen molar-refractivity contribution < 1.29 is 21.1 Å². The monoisotopic (exact) mass is 551 g/mol. The summed E-state index contributed by atoms with van der Waals surface area (Å²) in [4.78, 5) is 23.4. The van der Waals surface area contributed by atoms with Crippen molar-refractivity contribution >= 4 is 33.7 Å². The summed E-state index contributed by atoms with van der Waals surface area (Å²) in [6, 6.07) is 23.1. The van der Waals surface area contributed by atoms with Crippen molar-refractivity contribution in [1.29, 1.82) is 0 Å². The second-order valence-electron chi connectivity index (χ2n) is 6.62. The summed E-state index contributed by atoms with van der Waals surface area (Å²) in [7, 11) is 5.87. The zero-order chi connectivity index (χ0) is 19.3. The Bertz CT molecular complexity index is 1330. The van der Waals surface area contributed by atoms with Crippen LogP contribution >= 0.6 is 0 Å². The average molecular weight is 551 g/mol. The first-order valence-electron chi connectivity index (χ1n) is 8.90. The molecule has 0 fully saturated rings. The van der Waals surface area contributed by atoms with E-state index in [1.807, 2.05) is 72.8 Å². The van der Waals surface area contributed by atoms with Crippen molar-refractivity contribution in [2.24, 2.45) is 7.05 Å². The van der Waals surface area contributed by atoms with E-state index in [1.54, 1.807) is 21.1 Å². The Labute approximate surface area is 181 Å². The molecular formula is C22H17N5OW. The number of nitrogens with zero attached hydrogens (tertiary/aromatic N) is 5. The van der Waals surface area contributed by atoms with Crippen LogP contribution in [0.25, 0.3) is 27.8 Å². The van der Waals surface area contributed by atoms with Crippen LogP contribution in [0.15, 0.2) is 77.6 Å². The number of fused-ring (bicyclic) bond motifs is 2. The molecule has 0 N–H and O–H groups in total. The number of rotatable bonds is 3. The van der Waals surface area contributed by atoms with Gasteiger partial charge in [0.1, 0.15) is 0 Å². The van der Waals surface area contributed by atoms with E-state index in [-0.39, 0.29) is 26.8 Å². The van der Waals surface area contributed by atoms with Crippen LogP contribution in [0.5, 0.6) is 0 Å². The molecule has 29 heavy (non-hydrogen) atoms. The Morgan fingerprint density at radius 1 is 0.931 bits per heavy atom. The van der Waals surface area contributed by atoms with Gasteiger partial charge in [-0.15, -0.1) is 0 Å². The maximum atomic E-state index is 12.7. The van der Waals surface area contributed by atoms with Gasteiger partial charge in [0.15, 0.2) is 0 Å². The topological polar surface area (TPSA) is 57.2 Å². The van der Waals surface area contributed by atoms with Crippen LogP contribution < -0.4 is 15.6 Å². The number of imidazole rings is 2. The Balaban J connectivity index is 0.00000205. The molecule has 5 aromatic rings. The maximum Gasteiger partial charge on any atom is 2.00 e. The van der Waals surface area contributed by atoms with Gasteiger partial charge in [0.25, 0.3) is 0 Å². The fourth-order valence-electron chi connectivity index (χ4n) is 3.45. The van der Waals surface area contributed by atoms with Crippen LogP contribution in [0.1, 0.15) is 0 Å². The van der Waals surface area contributed by atoms with Gasteiger partial charge in [-0.1, -0.05) is 48.5 Å². The molecule has 6 nitrogen and oxygen atoms in total. The van der Waals surface area contributed by atoms with Gasteiger partial charge in [0.05, 0.1) is 16.7 Å². The van der Waals surface area contributed by atoms with E-state index in [0.717, 1.165) is 33.4 Å². The normalized spacial score (nSPS) is 11.0. The molecule has 0 unspecified atom stereocenters. The minimum absolute atomic E-state index is 0. The minimum atomic E-state index is -0.0777. The van der Waals surface area contributed by atoms with Gasteiger partial charge in [0, 0.05) is 18.1 Å². The van der Waals surface area contributed by atoms with Crippen molar-refractivity contribution in [3.8, 4) is 5.69 Å². The molecule has 142 valence electrons. The van der Waals surface area contributed by atoms with E-state index >= 15 is 0 Å². The van der Waals surface area contributed by atoms with Gasteiger partial charge >= 0.3 is 26.8 Å². The van der Waals surface area contributed by atoms with Gasteiger partial charge in [-0.05, 0) is 35.9 Å². The van der Waals surface area contributed by atoms with E-state index in [2.05, 4.69) is 17.0 Å². The van der Waals surface area contributed by atoms with Crippen molar-refractivity contribution in [1.82, 2.24) is 19.1 Å². The summed E-state index contributed by atoms with van der Waals surface area (Å²) in [6.45, 7) is 0. The molecule has 0 bridgehead atoms. The van der Waals surface area contributed by atoms with Crippen LogP contribution in [0.4, 0.5) is 11.6 Å². The summed E-state index contributed by atoms with van der Waals surface area (Å²) in [5.74, 6) is 0.538. The van der Waals surface area contributed by atoms with Crippen molar-refractivity contribution in [3.05, 3.63) is 90.3 Å². The fourth-order valence-corrected chi connectivity index (χ4v) is 3.45. The molecule has 0 atom stereocenters.